The summed E-state index contributed by atoms with van der Waals surface area (Å²) in [5.41, 5.74) is 9.89. The lowest BCUT2D eigenvalue weighted by Gasteiger charge is -1.98. The van der Waals surface area contributed by atoms with Gasteiger partial charge in [0.2, 0.25) is 0 Å². The minimum absolute atomic E-state index is 0.400. The van der Waals surface area contributed by atoms with E-state index in [9.17, 15) is 9.59 Å². The van der Waals surface area contributed by atoms with E-state index in [1.165, 1.54) is 0 Å². The van der Waals surface area contributed by atoms with Crippen molar-refractivity contribution in [3.8, 4) is 0 Å². The van der Waals surface area contributed by atoms with Crippen LogP contribution < -0.4 is 5.32 Å². The van der Waals surface area contributed by atoms with Crippen LogP contribution in [-0.2, 0) is 4.79 Å². The summed E-state index contributed by atoms with van der Waals surface area (Å²) < 4.78 is 0. The smallest absolute Gasteiger partial charge is 0.296 e. The van der Waals surface area contributed by atoms with Gasteiger partial charge in [-0.15, -0.1) is 0 Å². The average Bonchev–Trinajstić information content (AvgIpc) is 2.65. The van der Waals surface area contributed by atoms with Crippen molar-refractivity contribution in [1.29, 1.82) is 0 Å². The van der Waals surface area contributed by atoms with Crippen molar-refractivity contribution < 1.29 is 9.59 Å². The van der Waals surface area contributed by atoms with E-state index in [1.807, 2.05) is 18.2 Å². The average molecular weight is 242 g/mol. The van der Waals surface area contributed by atoms with Crippen LogP contribution in [-0.4, -0.2) is 18.2 Å². The number of benzene rings is 1. The summed E-state index contributed by atoms with van der Waals surface area (Å²) in [6.07, 6.45) is 4.31. The molecule has 1 aromatic rings. The van der Waals surface area contributed by atoms with Gasteiger partial charge in [-0.3, -0.25) is 9.59 Å². The van der Waals surface area contributed by atoms with Crippen LogP contribution >= 0.6 is 0 Å². The molecule has 1 N–H and O–H groups in total. The fourth-order valence-corrected chi connectivity index (χ4v) is 1.66. The first-order valence-corrected chi connectivity index (χ1v) is 5.39. The Hall–Kier alpha value is -2.59. The van der Waals surface area contributed by atoms with Crippen LogP contribution in [0.2, 0.25) is 0 Å². The molecule has 0 aliphatic carbocycles. The van der Waals surface area contributed by atoms with Gasteiger partial charge in [-0.1, -0.05) is 23.3 Å². The Labute approximate surface area is 103 Å². The second kappa shape index (κ2) is 5.16. The lowest BCUT2D eigenvalue weighted by molar-refractivity contribution is -0.112. The molecule has 90 valence electrons. The molecule has 1 aliphatic rings. The summed E-state index contributed by atoms with van der Waals surface area (Å²) in [7, 11) is 0. The number of rotatable bonds is 4. The fourth-order valence-electron chi connectivity index (χ4n) is 1.66. The molecule has 0 saturated carbocycles. The fraction of sp³-hybridized carbons (Fsp3) is 0.167. The number of hydrogen-bond donors (Lipinski definition) is 1. The van der Waals surface area contributed by atoms with E-state index in [1.54, 1.807) is 12.1 Å². The van der Waals surface area contributed by atoms with Crippen molar-refractivity contribution in [1.82, 2.24) is 0 Å². The quantitative estimate of drug-likeness (QED) is 0.288. The number of nitrogens with zero attached hydrogens (tertiary/aromatic N) is 3. The molecule has 1 amide bonds. The number of Topliss-reactive ketones (excluding diaryl/α,β-unsaturated/α-hetero) is 1. The number of anilines is 1. The van der Waals surface area contributed by atoms with Crippen LogP contribution in [0.25, 0.3) is 16.5 Å². The largest absolute Gasteiger partial charge is 0.318 e. The van der Waals surface area contributed by atoms with Gasteiger partial charge in [-0.05, 0) is 29.6 Å². The number of ketones is 1. The highest BCUT2D eigenvalue weighted by atomic mass is 16.2. The lowest BCUT2D eigenvalue weighted by Crippen LogP contribution is -2.12. The highest BCUT2D eigenvalue weighted by molar-refractivity contribution is 6.51. The Morgan fingerprint density at radius 1 is 1.39 bits per heavy atom. The Bertz CT molecular complexity index is 586. The highest BCUT2D eigenvalue weighted by Gasteiger charge is 2.27. The molecule has 0 fully saturated rings. The zero-order valence-electron chi connectivity index (χ0n) is 9.46. The summed E-state index contributed by atoms with van der Waals surface area (Å²) in [4.78, 5) is 25.3. The van der Waals surface area contributed by atoms with Gasteiger partial charge in [0, 0.05) is 11.5 Å². The molecule has 2 rings (SSSR count). The molecule has 1 aromatic carbocycles. The van der Waals surface area contributed by atoms with Crippen LogP contribution in [0.5, 0.6) is 0 Å². The summed E-state index contributed by atoms with van der Waals surface area (Å²) in [5.74, 6) is -1.09. The molecule has 0 spiro atoms. The molecule has 0 bridgehead atoms. The molecule has 1 heterocycles. The topological polar surface area (TPSA) is 94.9 Å². The van der Waals surface area contributed by atoms with Gasteiger partial charge >= 0.3 is 0 Å². The van der Waals surface area contributed by atoms with E-state index >= 15 is 0 Å². The molecular formula is C12H10N4O2. The van der Waals surface area contributed by atoms with Crippen LogP contribution in [0.4, 0.5) is 5.69 Å². The van der Waals surface area contributed by atoms with Crippen molar-refractivity contribution in [2.75, 3.05) is 11.9 Å². The van der Waals surface area contributed by atoms with Gasteiger partial charge in [0.25, 0.3) is 11.7 Å². The molecule has 6 heteroatoms. The number of carbonyl (C=O) groups excluding carboxylic acids is 2. The van der Waals surface area contributed by atoms with Crippen LogP contribution in [0.15, 0.2) is 29.4 Å². The number of amides is 1. The SMILES string of the molecule is [N-]=[N+]=NCCC=Cc1ccc2c(c1)C(=O)C(=O)N2. The molecule has 0 aromatic heterocycles. The normalized spacial score (nSPS) is 13.3. The number of carbonyl (C=O) groups is 2. The van der Waals surface area contributed by atoms with Crippen molar-refractivity contribution in [2.24, 2.45) is 5.11 Å². The van der Waals surface area contributed by atoms with Gasteiger partial charge in [0.1, 0.15) is 0 Å². The number of hydrogen-bond acceptors (Lipinski definition) is 3. The molecular weight excluding hydrogens is 232 g/mol. The van der Waals surface area contributed by atoms with Crippen molar-refractivity contribution >= 4 is 23.5 Å². The zero-order valence-corrected chi connectivity index (χ0v) is 9.46. The second-order valence-corrected chi connectivity index (χ2v) is 3.73. The van der Waals surface area contributed by atoms with Gasteiger partial charge in [0.15, 0.2) is 0 Å². The molecule has 0 radical (unpaired) electrons. The maximum absolute atomic E-state index is 11.5. The Kier molecular flexibility index (Phi) is 3.41. The van der Waals surface area contributed by atoms with Gasteiger partial charge in [-0.25, -0.2) is 0 Å². The number of nitrogens with one attached hydrogen (secondary N) is 1. The molecule has 0 atom stereocenters. The van der Waals surface area contributed by atoms with Gasteiger partial charge in [0.05, 0.1) is 11.3 Å². The Morgan fingerprint density at radius 3 is 3.00 bits per heavy atom. The molecule has 6 nitrogen and oxygen atoms in total. The third-order valence-electron chi connectivity index (χ3n) is 2.51. The standard InChI is InChI=1S/C12H10N4O2/c13-16-14-6-2-1-3-8-4-5-10-9(7-8)11(17)12(18)15-10/h1,3-5,7H,2,6H2,(H,15,17,18). The Morgan fingerprint density at radius 2 is 2.22 bits per heavy atom. The molecule has 0 saturated heterocycles. The summed E-state index contributed by atoms with van der Waals surface area (Å²) in [6.45, 7) is 0.400. The second-order valence-electron chi connectivity index (χ2n) is 3.73. The summed E-state index contributed by atoms with van der Waals surface area (Å²) >= 11 is 0. The minimum Gasteiger partial charge on any atom is -0.318 e. The maximum Gasteiger partial charge on any atom is 0.296 e. The van der Waals surface area contributed by atoms with Crippen molar-refractivity contribution in [3.05, 3.63) is 45.8 Å². The molecule has 0 unspecified atom stereocenters. The van der Waals surface area contributed by atoms with E-state index in [2.05, 4.69) is 15.3 Å². The summed E-state index contributed by atoms with van der Waals surface area (Å²) in [5, 5.41) is 5.89. The predicted octanol–water partition coefficient (Wildman–Crippen LogP) is 2.54. The molecule has 18 heavy (non-hydrogen) atoms. The monoisotopic (exact) mass is 242 g/mol. The lowest BCUT2D eigenvalue weighted by atomic mass is 10.1. The first-order valence-electron chi connectivity index (χ1n) is 5.39. The first kappa shape index (κ1) is 11.9. The number of azide groups is 1. The third-order valence-corrected chi connectivity index (χ3v) is 2.51. The minimum atomic E-state index is -0.588. The number of fused-ring (bicyclic) bond motifs is 1. The first-order chi connectivity index (χ1) is 8.72. The zero-order chi connectivity index (χ0) is 13.0. The predicted molar refractivity (Wildman–Crippen MR) is 67.1 cm³/mol. The van der Waals surface area contributed by atoms with Crippen LogP contribution in [0.3, 0.4) is 0 Å². The Balaban J connectivity index is 2.10. The van der Waals surface area contributed by atoms with Crippen LogP contribution in [0.1, 0.15) is 22.3 Å². The third kappa shape index (κ3) is 2.39. The van der Waals surface area contributed by atoms with Crippen LogP contribution in [0, 0.1) is 0 Å². The van der Waals surface area contributed by atoms with E-state index in [0.717, 1.165) is 5.56 Å². The van der Waals surface area contributed by atoms with Crippen molar-refractivity contribution in [3.63, 3.8) is 0 Å². The molecule has 1 aliphatic heterocycles. The van der Waals surface area contributed by atoms with E-state index in [4.69, 9.17) is 5.53 Å². The van der Waals surface area contributed by atoms with Gasteiger partial charge < -0.3 is 5.32 Å². The summed E-state index contributed by atoms with van der Waals surface area (Å²) in [6, 6.07) is 5.17. The van der Waals surface area contributed by atoms with E-state index in [-0.39, 0.29) is 0 Å². The van der Waals surface area contributed by atoms with Gasteiger partial charge in [-0.2, -0.15) is 0 Å². The van der Waals surface area contributed by atoms with Crippen molar-refractivity contribution in [2.45, 2.75) is 6.42 Å². The van der Waals surface area contributed by atoms with E-state index < -0.39 is 11.7 Å². The maximum atomic E-state index is 11.5. The highest BCUT2D eigenvalue weighted by Crippen LogP contribution is 2.24. The van der Waals surface area contributed by atoms with E-state index in [0.29, 0.717) is 24.2 Å².